The second-order valence-electron chi connectivity index (χ2n) is 7.65. The summed E-state index contributed by atoms with van der Waals surface area (Å²) in [6, 6.07) is 14.3. The zero-order chi connectivity index (χ0) is 19.2. The van der Waals surface area contributed by atoms with Crippen molar-refractivity contribution in [3.63, 3.8) is 0 Å². The number of pyridine rings is 1. The van der Waals surface area contributed by atoms with Gasteiger partial charge in [-0.25, -0.2) is 4.98 Å². The molecule has 0 bridgehead atoms. The number of rotatable bonds is 7. The maximum absolute atomic E-state index is 12.5. The van der Waals surface area contributed by atoms with Crippen molar-refractivity contribution in [2.24, 2.45) is 0 Å². The van der Waals surface area contributed by atoms with E-state index in [9.17, 15) is 4.79 Å². The second-order valence-corrected chi connectivity index (χ2v) is 7.65. The van der Waals surface area contributed by atoms with Gasteiger partial charge in [0, 0.05) is 45.5 Å². The standard InChI is InChI=1S/C22H29N4O/c1-17(2)14-26-12-11-20(16-26)24-22(27)19-9-10-21(23-13-19)25(3)15-18-7-5-4-6-8-18/h4-10,13,20H,11-12,14-16H2,1-3H3,(H,24,27). The van der Waals surface area contributed by atoms with Gasteiger partial charge in [0.2, 0.25) is 0 Å². The summed E-state index contributed by atoms with van der Waals surface area (Å²) in [7, 11) is 2.01. The van der Waals surface area contributed by atoms with Crippen LogP contribution in [-0.2, 0) is 6.54 Å². The molecule has 2 aromatic rings. The van der Waals surface area contributed by atoms with Gasteiger partial charge in [0.1, 0.15) is 5.82 Å². The van der Waals surface area contributed by atoms with Crippen molar-refractivity contribution >= 4 is 11.7 Å². The molecule has 2 heterocycles. The summed E-state index contributed by atoms with van der Waals surface area (Å²) in [5, 5.41) is 3.14. The molecule has 1 aliphatic rings. The van der Waals surface area contributed by atoms with Crippen LogP contribution in [0.15, 0.2) is 48.7 Å². The van der Waals surface area contributed by atoms with Gasteiger partial charge in [0.15, 0.2) is 0 Å². The average Bonchev–Trinajstić information content (AvgIpc) is 3.08. The molecule has 3 rings (SSSR count). The molecule has 143 valence electrons. The molecule has 1 atom stereocenters. The average molecular weight is 366 g/mol. The van der Waals surface area contributed by atoms with Crippen molar-refractivity contribution in [1.82, 2.24) is 15.2 Å². The molecule has 0 spiro atoms. The maximum atomic E-state index is 12.5. The molecule has 5 nitrogen and oxygen atoms in total. The maximum Gasteiger partial charge on any atom is 0.253 e. The van der Waals surface area contributed by atoms with Crippen molar-refractivity contribution in [1.29, 1.82) is 0 Å². The predicted octanol–water partition coefficient (Wildman–Crippen LogP) is 3.14. The Balaban J connectivity index is 1.53. The number of aromatic nitrogens is 1. The lowest BCUT2D eigenvalue weighted by molar-refractivity contribution is 0.0937. The molecule has 1 fully saturated rings. The van der Waals surface area contributed by atoms with Crippen LogP contribution in [0.25, 0.3) is 0 Å². The minimum atomic E-state index is -0.0381. The first kappa shape index (κ1) is 19.4. The van der Waals surface area contributed by atoms with E-state index in [0.29, 0.717) is 5.56 Å². The normalized spacial score (nSPS) is 17.3. The number of carbonyl (C=O) groups excluding carboxylic acids is 1. The van der Waals surface area contributed by atoms with Gasteiger partial charge in [0.05, 0.1) is 5.56 Å². The molecular formula is C22H29N4O. The quantitative estimate of drug-likeness (QED) is 0.819. The van der Waals surface area contributed by atoms with Gasteiger partial charge in [-0.2, -0.15) is 0 Å². The van der Waals surface area contributed by atoms with Crippen molar-refractivity contribution < 1.29 is 4.79 Å². The first-order valence-corrected chi connectivity index (χ1v) is 9.54. The van der Waals surface area contributed by atoms with E-state index in [0.717, 1.165) is 38.4 Å². The predicted molar refractivity (Wildman–Crippen MR) is 110 cm³/mol. The van der Waals surface area contributed by atoms with E-state index in [4.69, 9.17) is 0 Å². The molecule has 1 amide bonds. The van der Waals surface area contributed by atoms with Gasteiger partial charge in [0.25, 0.3) is 5.91 Å². The zero-order valence-electron chi connectivity index (χ0n) is 16.5. The molecular weight excluding hydrogens is 336 g/mol. The molecule has 5 heteroatoms. The van der Waals surface area contributed by atoms with Crippen LogP contribution in [-0.4, -0.2) is 48.5 Å². The van der Waals surface area contributed by atoms with E-state index < -0.39 is 0 Å². The summed E-state index contributed by atoms with van der Waals surface area (Å²) < 4.78 is 0. The van der Waals surface area contributed by atoms with Crippen LogP contribution >= 0.6 is 0 Å². The summed E-state index contributed by atoms with van der Waals surface area (Å²) in [6.07, 6.45) is 2.67. The lowest BCUT2D eigenvalue weighted by Crippen LogP contribution is -2.37. The first-order valence-electron chi connectivity index (χ1n) is 9.54. The summed E-state index contributed by atoms with van der Waals surface area (Å²) >= 11 is 0. The number of hydrogen-bond acceptors (Lipinski definition) is 4. The van der Waals surface area contributed by atoms with Crippen molar-refractivity contribution in [3.05, 3.63) is 65.7 Å². The third-order valence-electron chi connectivity index (χ3n) is 4.81. The second kappa shape index (κ2) is 9.00. The van der Waals surface area contributed by atoms with E-state index in [1.807, 2.05) is 37.4 Å². The zero-order valence-corrected chi connectivity index (χ0v) is 16.5. The Labute approximate surface area is 162 Å². The molecule has 1 N–H and O–H groups in total. The largest absolute Gasteiger partial charge is 0.355 e. The Kier molecular flexibility index (Phi) is 6.45. The van der Waals surface area contributed by atoms with Gasteiger partial charge in [-0.1, -0.05) is 44.2 Å². The summed E-state index contributed by atoms with van der Waals surface area (Å²) in [5.74, 6) is 2.22. The third-order valence-corrected chi connectivity index (χ3v) is 4.81. The topological polar surface area (TPSA) is 48.5 Å². The smallest absolute Gasteiger partial charge is 0.253 e. The van der Waals surface area contributed by atoms with Gasteiger partial charge in [-0.15, -0.1) is 0 Å². The number of anilines is 1. The van der Waals surface area contributed by atoms with Crippen LogP contribution < -0.4 is 10.2 Å². The monoisotopic (exact) mass is 365 g/mol. The van der Waals surface area contributed by atoms with Gasteiger partial charge in [-0.05, 0) is 30.0 Å². The van der Waals surface area contributed by atoms with Crippen molar-refractivity contribution in [2.75, 3.05) is 31.6 Å². The van der Waals surface area contributed by atoms with Gasteiger partial charge >= 0.3 is 0 Å². The Morgan fingerprint density at radius 1 is 1.22 bits per heavy atom. The van der Waals surface area contributed by atoms with Crippen molar-refractivity contribution in [3.8, 4) is 0 Å². The van der Waals surface area contributed by atoms with Gasteiger partial charge < -0.3 is 15.1 Å². The van der Waals surface area contributed by atoms with Crippen LogP contribution in [0.5, 0.6) is 0 Å². The van der Waals surface area contributed by atoms with Crippen LogP contribution in [0.4, 0.5) is 5.82 Å². The Morgan fingerprint density at radius 3 is 2.67 bits per heavy atom. The summed E-state index contributed by atoms with van der Waals surface area (Å²) in [4.78, 5) is 21.5. The van der Waals surface area contributed by atoms with E-state index in [2.05, 4.69) is 46.1 Å². The summed E-state index contributed by atoms with van der Waals surface area (Å²) in [5.41, 5.74) is 1.84. The number of nitrogens with one attached hydrogen (secondary N) is 1. The highest BCUT2D eigenvalue weighted by Crippen LogP contribution is 2.15. The number of likely N-dealkylation sites (tertiary alicyclic amines) is 1. The molecule has 1 unspecified atom stereocenters. The van der Waals surface area contributed by atoms with E-state index >= 15 is 0 Å². The fourth-order valence-electron chi connectivity index (χ4n) is 3.49. The lowest BCUT2D eigenvalue weighted by atomic mass is 10.2. The molecule has 0 aliphatic carbocycles. The molecule has 1 radical (unpaired) electrons. The van der Waals surface area contributed by atoms with E-state index in [1.165, 1.54) is 11.5 Å². The minimum absolute atomic E-state index is 0.0381. The molecule has 1 aromatic carbocycles. The number of hydrogen-bond donors (Lipinski definition) is 1. The number of benzene rings is 1. The van der Waals surface area contributed by atoms with Crippen LogP contribution in [0, 0.1) is 5.92 Å². The first-order chi connectivity index (χ1) is 13.0. The number of carbonyl (C=O) groups is 1. The Morgan fingerprint density at radius 2 is 2.00 bits per heavy atom. The highest BCUT2D eigenvalue weighted by molar-refractivity contribution is 5.94. The Hall–Kier alpha value is -2.40. The highest BCUT2D eigenvalue weighted by atomic mass is 16.1. The minimum Gasteiger partial charge on any atom is -0.355 e. The Bertz CT molecular complexity index is 730. The van der Waals surface area contributed by atoms with E-state index in [-0.39, 0.29) is 11.9 Å². The highest BCUT2D eigenvalue weighted by Gasteiger charge is 2.24. The molecule has 1 saturated heterocycles. The fourth-order valence-corrected chi connectivity index (χ4v) is 3.49. The number of amides is 1. The SMILES string of the molecule is C[C](C)CN1CCC(NC(=O)c2ccc(N(C)Cc3ccccc3)nc2)C1. The third kappa shape index (κ3) is 5.54. The molecule has 27 heavy (non-hydrogen) atoms. The van der Waals surface area contributed by atoms with Crippen LogP contribution in [0.3, 0.4) is 0 Å². The molecule has 0 saturated carbocycles. The lowest BCUT2D eigenvalue weighted by Gasteiger charge is -2.19. The van der Waals surface area contributed by atoms with E-state index in [1.54, 1.807) is 6.20 Å². The molecule has 1 aliphatic heterocycles. The van der Waals surface area contributed by atoms with Gasteiger partial charge in [-0.3, -0.25) is 4.79 Å². The molecule has 1 aromatic heterocycles. The van der Waals surface area contributed by atoms with Crippen molar-refractivity contribution in [2.45, 2.75) is 32.9 Å². The number of nitrogens with zero attached hydrogens (tertiary/aromatic N) is 3. The van der Waals surface area contributed by atoms with Crippen LogP contribution in [0.2, 0.25) is 0 Å². The summed E-state index contributed by atoms with van der Waals surface area (Å²) in [6.45, 7) is 8.04. The fraction of sp³-hybridized carbons (Fsp3) is 0.409. The van der Waals surface area contributed by atoms with Crippen LogP contribution in [0.1, 0.15) is 36.2 Å².